The van der Waals surface area contributed by atoms with E-state index in [1.165, 1.54) is 12.8 Å². The molecule has 1 aliphatic carbocycles. The monoisotopic (exact) mass is 239 g/mol. The molecule has 0 aliphatic heterocycles. The van der Waals surface area contributed by atoms with E-state index in [1.807, 2.05) is 0 Å². The van der Waals surface area contributed by atoms with Crippen LogP contribution in [-0.4, -0.2) is 16.9 Å². The molecule has 1 saturated carbocycles. The Kier molecular flexibility index (Phi) is 3.47. The quantitative estimate of drug-likeness (QED) is 0.815. The lowest BCUT2D eigenvalue weighted by molar-refractivity contribution is 0.180. The van der Waals surface area contributed by atoms with E-state index in [2.05, 4.69) is 11.2 Å². The van der Waals surface area contributed by atoms with Crippen molar-refractivity contribution in [2.75, 3.05) is 7.11 Å². The molecule has 1 fully saturated rings. The summed E-state index contributed by atoms with van der Waals surface area (Å²) in [6.45, 7) is 0.336. The van der Waals surface area contributed by atoms with Crippen LogP contribution in [0.3, 0.4) is 0 Å². The molecule has 1 aromatic rings. The van der Waals surface area contributed by atoms with Crippen LogP contribution in [0.4, 0.5) is 0 Å². The first-order chi connectivity index (χ1) is 7.77. The maximum absolute atomic E-state index is 9.04. The number of ether oxygens (including phenoxy) is 1. The highest BCUT2D eigenvalue weighted by Crippen LogP contribution is 2.33. The molecule has 4 nitrogen and oxygen atoms in total. The molecule has 1 aliphatic rings. The minimum atomic E-state index is 0.336. The van der Waals surface area contributed by atoms with Gasteiger partial charge in [0.15, 0.2) is 0 Å². The number of nitriles is 1. The summed E-state index contributed by atoms with van der Waals surface area (Å²) in [5.41, 5.74) is 1.09. The van der Waals surface area contributed by atoms with Gasteiger partial charge in [0.1, 0.15) is 22.5 Å². The highest BCUT2D eigenvalue weighted by Gasteiger charge is 2.24. The van der Waals surface area contributed by atoms with E-state index in [1.54, 1.807) is 11.8 Å². The van der Waals surface area contributed by atoms with Crippen molar-refractivity contribution in [3.05, 3.63) is 16.4 Å². The first kappa shape index (κ1) is 11.4. The van der Waals surface area contributed by atoms with E-state index < -0.39 is 0 Å². The van der Waals surface area contributed by atoms with Crippen molar-refractivity contribution < 1.29 is 4.74 Å². The Balaban J connectivity index is 2.35. The van der Waals surface area contributed by atoms with Crippen LogP contribution >= 0.6 is 11.6 Å². The normalized spacial score (nSPS) is 16.6. The molecule has 0 aromatic carbocycles. The van der Waals surface area contributed by atoms with Gasteiger partial charge in [-0.05, 0) is 12.8 Å². The number of hydrogen-bond acceptors (Lipinski definition) is 3. The van der Waals surface area contributed by atoms with Crippen molar-refractivity contribution in [2.45, 2.75) is 38.3 Å². The number of aromatic nitrogens is 2. The lowest BCUT2D eigenvalue weighted by Crippen LogP contribution is -2.07. The zero-order valence-corrected chi connectivity index (χ0v) is 10.00. The van der Waals surface area contributed by atoms with E-state index in [9.17, 15) is 0 Å². The van der Waals surface area contributed by atoms with Gasteiger partial charge in [0, 0.05) is 7.11 Å². The Morgan fingerprint density at radius 3 is 2.81 bits per heavy atom. The Morgan fingerprint density at radius 2 is 2.25 bits per heavy atom. The summed E-state index contributed by atoms with van der Waals surface area (Å²) >= 11 is 6.17. The smallest absolute Gasteiger partial charge is 0.145 e. The molecule has 0 spiro atoms. The fraction of sp³-hybridized carbons (Fsp3) is 0.636. The minimum absolute atomic E-state index is 0.336. The van der Waals surface area contributed by atoms with Crippen LogP contribution in [0.1, 0.15) is 43.0 Å². The van der Waals surface area contributed by atoms with Crippen molar-refractivity contribution in [1.29, 1.82) is 5.26 Å². The highest BCUT2D eigenvalue weighted by atomic mass is 35.5. The minimum Gasteiger partial charge on any atom is -0.378 e. The molecule has 0 N–H and O–H groups in total. The summed E-state index contributed by atoms with van der Waals surface area (Å²) in [5.74, 6) is 0. The zero-order valence-electron chi connectivity index (χ0n) is 9.24. The van der Waals surface area contributed by atoms with Gasteiger partial charge in [-0.3, -0.25) is 0 Å². The van der Waals surface area contributed by atoms with Crippen LogP contribution in [0.15, 0.2) is 0 Å². The molecule has 0 atom stereocenters. The third kappa shape index (κ3) is 1.93. The SMILES string of the molecule is COCc1nn(C2CCCC2)c(Cl)c1C#N. The molecule has 0 radical (unpaired) electrons. The van der Waals surface area contributed by atoms with Crippen molar-refractivity contribution in [3.63, 3.8) is 0 Å². The molecule has 5 heteroatoms. The summed E-state index contributed by atoms with van der Waals surface area (Å²) in [4.78, 5) is 0. The molecular formula is C11H14ClN3O. The van der Waals surface area contributed by atoms with Crippen LogP contribution in [0.5, 0.6) is 0 Å². The molecule has 0 unspecified atom stereocenters. The maximum atomic E-state index is 9.04. The Bertz CT molecular complexity index is 416. The van der Waals surface area contributed by atoms with Gasteiger partial charge in [-0.25, -0.2) is 4.68 Å². The molecule has 0 saturated heterocycles. The lowest BCUT2D eigenvalue weighted by atomic mass is 10.2. The van der Waals surface area contributed by atoms with Gasteiger partial charge < -0.3 is 4.74 Å². The van der Waals surface area contributed by atoms with Crippen LogP contribution in [0, 0.1) is 11.3 Å². The number of hydrogen-bond donors (Lipinski definition) is 0. The van der Waals surface area contributed by atoms with E-state index >= 15 is 0 Å². The van der Waals surface area contributed by atoms with Crippen molar-refractivity contribution >= 4 is 11.6 Å². The van der Waals surface area contributed by atoms with Gasteiger partial charge in [-0.15, -0.1) is 0 Å². The second-order valence-corrected chi connectivity index (χ2v) is 4.40. The van der Waals surface area contributed by atoms with Gasteiger partial charge in [-0.2, -0.15) is 10.4 Å². The van der Waals surface area contributed by atoms with E-state index in [0.29, 0.717) is 29.1 Å². The second kappa shape index (κ2) is 4.86. The van der Waals surface area contributed by atoms with Gasteiger partial charge in [0.25, 0.3) is 0 Å². The standard InChI is InChI=1S/C11H14ClN3O/c1-16-7-10-9(6-13)11(12)15(14-10)8-4-2-3-5-8/h8H,2-5,7H2,1H3. The molecule has 1 aromatic heterocycles. The molecule has 16 heavy (non-hydrogen) atoms. The van der Waals surface area contributed by atoms with Gasteiger partial charge >= 0.3 is 0 Å². The van der Waals surface area contributed by atoms with E-state index in [-0.39, 0.29) is 0 Å². The number of nitrogens with zero attached hydrogens (tertiary/aromatic N) is 3. The van der Waals surface area contributed by atoms with Crippen molar-refractivity contribution in [3.8, 4) is 6.07 Å². The Labute approximate surface area is 99.8 Å². The predicted octanol–water partition coefficient (Wildman–Crippen LogP) is 2.67. The molecule has 1 heterocycles. The molecule has 86 valence electrons. The second-order valence-electron chi connectivity index (χ2n) is 4.04. The van der Waals surface area contributed by atoms with Crippen molar-refractivity contribution in [1.82, 2.24) is 9.78 Å². The fourth-order valence-corrected chi connectivity index (χ4v) is 2.52. The molecule has 0 amide bonds. The van der Waals surface area contributed by atoms with Crippen LogP contribution in [0.25, 0.3) is 0 Å². The number of rotatable bonds is 3. The third-order valence-corrected chi connectivity index (χ3v) is 3.35. The van der Waals surface area contributed by atoms with Crippen LogP contribution < -0.4 is 0 Å². The van der Waals surface area contributed by atoms with E-state index in [4.69, 9.17) is 21.6 Å². The third-order valence-electron chi connectivity index (χ3n) is 2.99. The summed E-state index contributed by atoms with van der Waals surface area (Å²) in [7, 11) is 1.59. The van der Waals surface area contributed by atoms with Gasteiger partial charge in [0.2, 0.25) is 0 Å². The summed E-state index contributed by atoms with van der Waals surface area (Å²) in [5, 5.41) is 13.9. The largest absolute Gasteiger partial charge is 0.378 e. The first-order valence-electron chi connectivity index (χ1n) is 5.43. The fourth-order valence-electron chi connectivity index (χ4n) is 2.20. The average molecular weight is 240 g/mol. The Morgan fingerprint density at radius 1 is 1.56 bits per heavy atom. The van der Waals surface area contributed by atoms with Crippen molar-refractivity contribution in [2.24, 2.45) is 0 Å². The zero-order chi connectivity index (χ0) is 11.5. The van der Waals surface area contributed by atoms with Gasteiger partial charge in [0.05, 0.1) is 12.6 Å². The first-order valence-corrected chi connectivity index (χ1v) is 5.81. The van der Waals surface area contributed by atoms with Crippen LogP contribution in [-0.2, 0) is 11.3 Å². The Hall–Kier alpha value is -1.05. The van der Waals surface area contributed by atoms with Crippen LogP contribution in [0.2, 0.25) is 5.15 Å². The topological polar surface area (TPSA) is 50.8 Å². The molecule has 2 rings (SSSR count). The molecular weight excluding hydrogens is 226 g/mol. The average Bonchev–Trinajstić information content (AvgIpc) is 2.87. The van der Waals surface area contributed by atoms with Gasteiger partial charge in [-0.1, -0.05) is 24.4 Å². The summed E-state index contributed by atoms with van der Waals surface area (Å²) in [6, 6.07) is 2.45. The highest BCUT2D eigenvalue weighted by molar-refractivity contribution is 6.30. The lowest BCUT2D eigenvalue weighted by Gasteiger charge is -2.10. The maximum Gasteiger partial charge on any atom is 0.145 e. The number of halogens is 1. The predicted molar refractivity (Wildman–Crippen MR) is 60.2 cm³/mol. The number of methoxy groups -OCH3 is 1. The summed E-state index contributed by atoms with van der Waals surface area (Å²) in [6.07, 6.45) is 4.61. The molecule has 0 bridgehead atoms. The van der Waals surface area contributed by atoms with E-state index in [0.717, 1.165) is 12.8 Å². The summed E-state index contributed by atoms with van der Waals surface area (Å²) < 4.78 is 6.81.